The number of methoxy groups -OCH3 is 1. The molecule has 2 nitrogen and oxygen atoms in total. The smallest absolute Gasteiger partial charge is 0.213 e. The van der Waals surface area contributed by atoms with Gasteiger partial charge in [0.1, 0.15) is 11.4 Å². The lowest BCUT2D eigenvalue weighted by Gasteiger charge is -2.05. The number of pyridine rings is 1. The SMILES string of the molecule is C=C(C)c1nc(F)ccc1OC. The van der Waals surface area contributed by atoms with Crippen molar-refractivity contribution in [1.29, 1.82) is 0 Å². The molecule has 0 bridgehead atoms. The fourth-order valence-corrected chi connectivity index (χ4v) is 0.893. The highest BCUT2D eigenvalue weighted by Gasteiger charge is 2.05. The van der Waals surface area contributed by atoms with Gasteiger partial charge in [-0.25, -0.2) is 4.98 Å². The Labute approximate surface area is 70.7 Å². The molecule has 0 unspecified atom stereocenters. The molecule has 0 aliphatic rings. The molecule has 0 N–H and O–H groups in total. The molecular weight excluding hydrogens is 157 g/mol. The van der Waals surface area contributed by atoms with Gasteiger partial charge in [0.15, 0.2) is 0 Å². The van der Waals surface area contributed by atoms with E-state index in [4.69, 9.17) is 4.74 Å². The Morgan fingerprint density at radius 2 is 2.25 bits per heavy atom. The number of halogens is 1. The van der Waals surface area contributed by atoms with Gasteiger partial charge < -0.3 is 4.74 Å². The van der Waals surface area contributed by atoms with E-state index in [-0.39, 0.29) is 0 Å². The zero-order chi connectivity index (χ0) is 9.14. The van der Waals surface area contributed by atoms with Crippen molar-refractivity contribution in [1.82, 2.24) is 4.98 Å². The van der Waals surface area contributed by atoms with Crippen molar-refractivity contribution in [2.45, 2.75) is 6.92 Å². The van der Waals surface area contributed by atoms with E-state index in [9.17, 15) is 4.39 Å². The molecule has 0 saturated heterocycles. The lowest BCUT2D eigenvalue weighted by molar-refractivity contribution is 0.408. The first-order valence-electron chi connectivity index (χ1n) is 3.51. The second-order valence-electron chi connectivity index (χ2n) is 2.47. The summed E-state index contributed by atoms with van der Waals surface area (Å²) in [6.45, 7) is 5.42. The Bertz CT molecular complexity index is 309. The summed E-state index contributed by atoms with van der Waals surface area (Å²) in [6.07, 6.45) is 0. The number of nitrogens with zero attached hydrogens (tertiary/aromatic N) is 1. The van der Waals surface area contributed by atoms with E-state index < -0.39 is 5.95 Å². The van der Waals surface area contributed by atoms with Crippen LogP contribution in [0.25, 0.3) is 5.57 Å². The summed E-state index contributed by atoms with van der Waals surface area (Å²) in [7, 11) is 1.52. The molecular formula is C9H10FNO. The Morgan fingerprint density at radius 3 is 2.75 bits per heavy atom. The Hall–Kier alpha value is -1.38. The molecule has 0 saturated carbocycles. The van der Waals surface area contributed by atoms with Crippen LogP contribution in [0, 0.1) is 5.95 Å². The molecule has 0 atom stereocenters. The number of ether oxygens (including phenoxy) is 1. The number of hydrogen-bond donors (Lipinski definition) is 0. The minimum atomic E-state index is -0.520. The van der Waals surface area contributed by atoms with Crippen LogP contribution in [0.4, 0.5) is 4.39 Å². The number of aromatic nitrogens is 1. The quantitative estimate of drug-likeness (QED) is 0.630. The van der Waals surface area contributed by atoms with Crippen molar-refractivity contribution in [3.8, 4) is 5.75 Å². The molecule has 1 rings (SSSR count). The van der Waals surface area contributed by atoms with Gasteiger partial charge in [-0.05, 0) is 24.6 Å². The second kappa shape index (κ2) is 3.34. The minimum Gasteiger partial charge on any atom is -0.494 e. The van der Waals surface area contributed by atoms with Gasteiger partial charge in [-0.15, -0.1) is 0 Å². The van der Waals surface area contributed by atoms with Crippen LogP contribution in [0.1, 0.15) is 12.6 Å². The average molecular weight is 167 g/mol. The van der Waals surface area contributed by atoms with E-state index in [0.717, 1.165) is 0 Å². The van der Waals surface area contributed by atoms with Gasteiger partial charge in [0, 0.05) is 0 Å². The van der Waals surface area contributed by atoms with Crippen LogP contribution in [0.3, 0.4) is 0 Å². The summed E-state index contributed by atoms with van der Waals surface area (Å²) in [6, 6.07) is 2.79. The monoisotopic (exact) mass is 167 g/mol. The van der Waals surface area contributed by atoms with Crippen LogP contribution < -0.4 is 4.74 Å². The minimum absolute atomic E-state index is 0.470. The van der Waals surface area contributed by atoms with E-state index >= 15 is 0 Å². The fourth-order valence-electron chi connectivity index (χ4n) is 0.893. The van der Waals surface area contributed by atoms with E-state index in [1.165, 1.54) is 19.2 Å². The highest BCUT2D eigenvalue weighted by molar-refractivity contribution is 5.63. The molecule has 3 heteroatoms. The van der Waals surface area contributed by atoms with Gasteiger partial charge in [0.2, 0.25) is 5.95 Å². The van der Waals surface area contributed by atoms with E-state index in [1.807, 2.05) is 0 Å². The molecule has 0 aliphatic carbocycles. The highest BCUT2D eigenvalue weighted by atomic mass is 19.1. The number of hydrogen-bond acceptors (Lipinski definition) is 2. The van der Waals surface area contributed by atoms with E-state index in [1.54, 1.807) is 6.92 Å². The molecule has 12 heavy (non-hydrogen) atoms. The van der Waals surface area contributed by atoms with Crippen LogP contribution in [-0.4, -0.2) is 12.1 Å². The van der Waals surface area contributed by atoms with Gasteiger partial charge >= 0.3 is 0 Å². The molecule has 0 radical (unpaired) electrons. The topological polar surface area (TPSA) is 22.1 Å². The summed E-state index contributed by atoms with van der Waals surface area (Å²) in [5.74, 6) is 0.0256. The second-order valence-corrected chi connectivity index (χ2v) is 2.47. The normalized spacial score (nSPS) is 9.58. The summed E-state index contributed by atoms with van der Waals surface area (Å²) < 4.78 is 17.6. The van der Waals surface area contributed by atoms with Gasteiger partial charge in [0.05, 0.1) is 7.11 Å². The summed E-state index contributed by atoms with van der Waals surface area (Å²) in [4.78, 5) is 3.65. The van der Waals surface area contributed by atoms with Crippen molar-refractivity contribution >= 4 is 5.57 Å². The first kappa shape index (κ1) is 8.71. The van der Waals surface area contributed by atoms with Crippen LogP contribution in [-0.2, 0) is 0 Å². The lowest BCUT2D eigenvalue weighted by atomic mass is 10.2. The van der Waals surface area contributed by atoms with Crippen molar-refractivity contribution < 1.29 is 9.13 Å². The third-order valence-electron chi connectivity index (χ3n) is 1.45. The third-order valence-corrected chi connectivity index (χ3v) is 1.45. The Balaban J connectivity index is 3.21. The van der Waals surface area contributed by atoms with Gasteiger partial charge in [-0.2, -0.15) is 4.39 Å². The largest absolute Gasteiger partial charge is 0.494 e. The summed E-state index contributed by atoms with van der Waals surface area (Å²) in [5, 5.41) is 0. The zero-order valence-corrected chi connectivity index (χ0v) is 7.10. The number of rotatable bonds is 2. The molecule has 64 valence electrons. The maximum absolute atomic E-state index is 12.6. The van der Waals surface area contributed by atoms with Crippen molar-refractivity contribution in [3.05, 3.63) is 30.4 Å². The molecule has 1 aromatic heterocycles. The van der Waals surface area contributed by atoms with Gasteiger partial charge in [-0.3, -0.25) is 0 Å². The summed E-state index contributed by atoms with van der Waals surface area (Å²) in [5.41, 5.74) is 1.16. The first-order valence-corrected chi connectivity index (χ1v) is 3.51. The van der Waals surface area contributed by atoms with Crippen molar-refractivity contribution in [3.63, 3.8) is 0 Å². The maximum Gasteiger partial charge on any atom is 0.213 e. The van der Waals surface area contributed by atoms with Crippen molar-refractivity contribution in [2.75, 3.05) is 7.11 Å². The Morgan fingerprint density at radius 1 is 1.58 bits per heavy atom. The molecule has 0 fully saturated rings. The average Bonchev–Trinajstić information content (AvgIpc) is 2.04. The zero-order valence-electron chi connectivity index (χ0n) is 7.10. The molecule has 0 aromatic carbocycles. The van der Waals surface area contributed by atoms with E-state index in [2.05, 4.69) is 11.6 Å². The maximum atomic E-state index is 12.6. The molecule has 0 spiro atoms. The van der Waals surface area contributed by atoms with Crippen molar-refractivity contribution in [2.24, 2.45) is 0 Å². The van der Waals surface area contributed by atoms with E-state index in [0.29, 0.717) is 17.0 Å². The number of allylic oxidation sites excluding steroid dienone is 1. The van der Waals surface area contributed by atoms with Crippen LogP contribution >= 0.6 is 0 Å². The molecule has 0 amide bonds. The third kappa shape index (κ3) is 1.61. The Kier molecular flexibility index (Phi) is 2.43. The molecule has 1 aromatic rings. The van der Waals surface area contributed by atoms with Gasteiger partial charge in [-0.1, -0.05) is 6.58 Å². The van der Waals surface area contributed by atoms with Crippen LogP contribution in [0.2, 0.25) is 0 Å². The fraction of sp³-hybridized carbons (Fsp3) is 0.222. The van der Waals surface area contributed by atoms with Crippen LogP contribution in [0.5, 0.6) is 5.75 Å². The molecule has 1 heterocycles. The highest BCUT2D eigenvalue weighted by Crippen LogP contribution is 2.21. The van der Waals surface area contributed by atoms with Gasteiger partial charge in [0.25, 0.3) is 0 Å². The summed E-state index contributed by atoms with van der Waals surface area (Å²) >= 11 is 0. The predicted molar refractivity (Wildman–Crippen MR) is 45.5 cm³/mol. The lowest BCUT2D eigenvalue weighted by Crippen LogP contribution is -1.95. The first-order chi connectivity index (χ1) is 5.65. The molecule has 0 aliphatic heterocycles. The van der Waals surface area contributed by atoms with Crippen LogP contribution in [0.15, 0.2) is 18.7 Å². The predicted octanol–water partition coefficient (Wildman–Crippen LogP) is 2.26. The standard InChI is InChI=1S/C9H10FNO/c1-6(2)9-7(12-3)4-5-8(10)11-9/h4-5H,1H2,2-3H3.